The summed E-state index contributed by atoms with van der Waals surface area (Å²) in [5, 5.41) is 9.06. The van der Waals surface area contributed by atoms with E-state index < -0.39 is 24.5 Å². The molecule has 0 spiro atoms. The summed E-state index contributed by atoms with van der Waals surface area (Å²) < 4.78 is 61.2. The van der Waals surface area contributed by atoms with E-state index in [4.69, 9.17) is 19.3 Å². The van der Waals surface area contributed by atoms with Crippen molar-refractivity contribution in [3.8, 4) is 28.9 Å². The van der Waals surface area contributed by atoms with Gasteiger partial charge in [0.25, 0.3) is 0 Å². The van der Waals surface area contributed by atoms with E-state index >= 15 is 0 Å². The fourth-order valence-corrected chi connectivity index (χ4v) is 4.44. The number of halogens is 3. The van der Waals surface area contributed by atoms with Gasteiger partial charge in [-0.2, -0.15) is 8.78 Å². The number of ether oxygens (including phenoxy) is 4. The molecule has 0 saturated carbocycles. The molecule has 0 unspecified atom stereocenters. The number of hydrogen-bond acceptors (Lipinski definition) is 6. The summed E-state index contributed by atoms with van der Waals surface area (Å²) in [6.45, 7) is -2.67. The molecule has 0 radical (unpaired) electrons. The number of carboxylic acid groups (broad SMARTS) is 1. The van der Waals surface area contributed by atoms with E-state index in [1.54, 1.807) is 18.2 Å². The highest BCUT2D eigenvalue weighted by Gasteiger charge is 2.32. The average molecular weight is 487 g/mol. The molecule has 2 aliphatic rings. The SMILES string of the molecule is O=C(O)C[C@@H]1COc2cc(O[C@@H]3CCc4c(Oc5ccc(OC(F)F)cn5)ccc(F)c43)ccc21. The van der Waals surface area contributed by atoms with Gasteiger partial charge in [-0.25, -0.2) is 9.37 Å². The van der Waals surface area contributed by atoms with Gasteiger partial charge in [0.05, 0.1) is 19.2 Å². The maximum absolute atomic E-state index is 14.8. The minimum atomic E-state index is -2.95. The predicted octanol–water partition coefficient (Wildman–Crippen LogP) is 5.63. The molecule has 3 aromatic rings. The van der Waals surface area contributed by atoms with Crippen LogP contribution in [0.1, 0.15) is 41.6 Å². The second-order valence-electron chi connectivity index (χ2n) is 8.20. The van der Waals surface area contributed by atoms with E-state index in [0.29, 0.717) is 41.2 Å². The van der Waals surface area contributed by atoms with Crippen LogP contribution < -0.4 is 18.9 Å². The van der Waals surface area contributed by atoms with Crippen molar-refractivity contribution in [3.63, 3.8) is 0 Å². The number of aromatic nitrogens is 1. The Labute approximate surface area is 198 Å². The van der Waals surface area contributed by atoms with Crippen molar-refractivity contribution in [2.75, 3.05) is 6.61 Å². The Kier molecular flexibility index (Phi) is 6.10. The van der Waals surface area contributed by atoms with E-state index in [0.717, 1.165) is 11.8 Å². The lowest BCUT2D eigenvalue weighted by Crippen LogP contribution is -2.07. The molecule has 0 bridgehead atoms. The first-order valence-corrected chi connectivity index (χ1v) is 10.9. The van der Waals surface area contributed by atoms with E-state index in [1.165, 1.54) is 24.3 Å². The number of aliphatic carboxylic acids is 1. The van der Waals surface area contributed by atoms with Crippen LogP contribution in [0, 0.1) is 5.82 Å². The minimum absolute atomic E-state index is 0.0198. The van der Waals surface area contributed by atoms with Crippen molar-refractivity contribution in [3.05, 3.63) is 71.2 Å². The van der Waals surface area contributed by atoms with Crippen LogP contribution in [0.25, 0.3) is 0 Å². The van der Waals surface area contributed by atoms with Crippen molar-refractivity contribution in [2.24, 2.45) is 0 Å². The zero-order valence-electron chi connectivity index (χ0n) is 18.2. The highest BCUT2D eigenvalue weighted by molar-refractivity contribution is 5.68. The van der Waals surface area contributed by atoms with Gasteiger partial charge in [-0.05, 0) is 37.1 Å². The number of pyridine rings is 1. The summed E-state index contributed by atoms with van der Waals surface area (Å²) in [6, 6.07) is 10.7. The Bertz CT molecular complexity index is 1250. The van der Waals surface area contributed by atoms with E-state index in [9.17, 15) is 18.0 Å². The second-order valence-corrected chi connectivity index (χ2v) is 8.20. The molecule has 182 valence electrons. The molecule has 35 heavy (non-hydrogen) atoms. The van der Waals surface area contributed by atoms with Crippen LogP contribution >= 0.6 is 0 Å². The topological polar surface area (TPSA) is 87.1 Å². The fraction of sp³-hybridized carbons (Fsp3) is 0.280. The van der Waals surface area contributed by atoms with Crippen molar-refractivity contribution in [1.29, 1.82) is 0 Å². The van der Waals surface area contributed by atoms with E-state index in [-0.39, 0.29) is 30.6 Å². The van der Waals surface area contributed by atoms with Crippen molar-refractivity contribution in [1.82, 2.24) is 4.98 Å². The molecule has 5 rings (SSSR count). The van der Waals surface area contributed by atoms with Gasteiger partial charge in [-0.1, -0.05) is 6.07 Å². The van der Waals surface area contributed by atoms with Crippen LogP contribution in [0.15, 0.2) is 48.7 Å². The van der Waals surface area contributed by atoms with Crippen LogP contribution in [0.5, 0.6) is 28.9 Å². The van der Waals surface area contributed by atoms with Gasteiger partial charge in [0.15, 0.2) is 0 Å². The van der Waals surface area contributed by atoms with Crippen LogP contribution in [0.3, 0.4) is 0 Å². The third kappa shape index (κ3) is 4.82. The minimum Gasteiger partial charge on any atom is -0.492 e. The molecular formula is C25H20F3NO6. The van der Waals surface area contributed by atoms with Crippen molar-refractivity contribution >= 4 is 5.97 Å². The molecule has 0 fully saturated rings. The summed E-state index contributed by atoms with van der Waals surface area (Å²) in [4.78, 5) is 15.0. The molecule has 1 aromatic heterocycles. The van der Waals surface area contributed by atoms with E-state index in [1.807, 2.05) is 0 Å². The molecule has 10 heteroatoms. The van der Waals surface area contributed by atoms with Crippen LogP contribution in [-0.4, -0.2) is 29.3 Å². The maximum atomic E-state index is 14.8. The molecule has 1 aliphatic carbocycles. The lowest BCUT2D eigenvalue weighted by atomic mass is 9.98. The zero-order chi connectivity index (χ0) is 24.5. The molecular weight excluding hydrogens is 467 g/mol. The largest absolute Gasteiger partial charge is 0.492 e. The number of benzene rings is 2. The lowest BCUT2D eigenvalue weighted by Gasteiger charge is -2.17. The Balaban J connectivity index is 1.33. The molecule has 2 heterocycles. The lowest BCUT2D eigenvalue weighted by molar-refractivity contribution is -0.137. The number of hydrogen-bond donors (Lipinski definition) is 1. The van der Waals surface area contributed by atoms with Crippen LogP contribution in [-0.2, 0) is 11.2 Å². The predicted molar refractivity (Wildman–Crippen MR) is 116 cm³/mol. The van der Waals surface area contributed by atoms with Gasteiger partial charge in [0, 0.05) is 34.7 Å². The molecule has 2 atom stereocenters. The van der Waals surface area contributed by atoms with Crippen molar-refractivity contribution in [2.45, 2.75) is 37.9 Å². The molecule has 0 amide bonds. The summed E-state index contributed by atoms with van der Waals surface area (Å²) in [5.74, 6) is -0.0385. The van der Waals surface area contributed by atoms with Gasteiger partial charge in [-0.15, -0.1) is 0 Å². The Morgan fingerprint density at radius 1 is 1.17 bits per heavy atom. The van der Waals surface area contributed by atoms with Gasteiger partial charge in [0.2, 0.25) is 5.88 Å². The third-order valence-electron chi connectivity index (χ3n) is 5.95. The van der Waals surface area contributed by atoms with Gasteiger partial charge >= 0.3 is 12.6 Å². The highest BCUT2D eigenvalue weighted by atomic mass is 19.3. The van der Waals surface area contributed by atoms with Crippen LogP contribution in [0.4, 0.5) is 13.2 Å². The first kappa shape index (κ1) is 22.8. The number of nitrogens with zero attached hydrogens (tertiary/aromatic N) is 1. The maximum Gasteiger partial charge on any atom is 0.387 e. The quantitative estimate of drug-likeness (QED) is 0.441. The normalized spacial score (nSPS) is 18.1. The van der Waals surface area contributed by atoms with E-state index in [2.05, 4.69) is 9.72 Å². The van der Waals surface area contributed by atoms with Gasteiger partial charge in [0.1, 0.15) is 34.9 Å². The molecule has 2 aromatic carbocycles. The third-order valence-corrected chi connectivity index (χ3v) is 5.95. The molecule has 7 nitrogen and oxygen atoms in total. The fourth-order valence-electron chi connectivity index (χ4n) is 4.44. The summed E-state index contributed by atoms with van der Waals surface area (Å²) >= 11 is 0. The molecule has 1 N–H and O–H groups in total. The summed E-state index contributed by atoms with van der Waals surface area (Å²) in [6.07, 6.45) is 1.56. The summed E-state index contributed by atoms with van der Waals surface area (Å²) in [7, 11) is 0. The number of carbonyl (C=O) groups is 1. The Hall–Kier alpha value is -3.95. The highest BCUT2D eigenvalue weighted by Crippen LogP contribution is 2.44. The molecule has 0 saturated heterocycles. The second kappa shape index (κ2) is 9.36. The van der Waals surface area contributed by atoms with Gasteiger partial charge in [-0.3, -0.25) is 4.79 Å². The smallest absolute Gasteiger partial charge is 0.387 e. The molecule has 1 aliphatic heterocycles. The van der Waals surface area contributed by atoms with Crippen LogP contribution in [0.2, 0.25) is 0 Å². The number of rotatable bonds is 8. The van der Waals surface area contributed by atoms with Crippen molar-refractivity contribution < 1.29 is 42.0 Å². The monoisotopic (exact) mass is 487 g/mol. The summed E-state index contributed by atoms with van der Waals surface area (Å²) in [5.41, 5.74) is 1.83. The Morgan fingerprint density at radius 3 is 2.74 bits per heavy atom. The number of fused-ring (bicyclic) bond motifs is 2. The zero-order valence-corrected chi connectivity index (χ0v) is 18.2. The number of alkyl halides is 2. The Morgan fingerprint density at radius 2 is 2.00 bits per heavy atom. The first-order valence-electron chi connectivity index (χ1n) is 10.9. The standard InChI is InChI=1S/C25H20F3NO6/c26-18-5-7-19(35-22-8-2-15(11-29-22)34-25(27)28)17-4-6-20(24(17)18)33-14-1-3-16-13(9-23(30)31)12-32-21(16)10-14/h1-3,5,7-8,10-11,13,20,25H,4,6,9,12H2,(H,30,31)/t13-,20-/m1/s1. The first-order chi connectivity index (χ1) is 16.9. The average Bonchev–Trinajstić information content (AvgIpc) is 3.41. The van der Waals surface area contributed by atoms with Gasteiger partial charge < -0.3 is 24.1 Å². The number of carboxylic acids is 1.